The van der Waals surface area contributed by atoms with E-state index in [1.807, 2.05) is 0 Å². The van der Waals surface area contributed by atoms with E-state index in [4.69, 9.17) is 5.26 Å². The third-order valence-electron chi connectivity index (χ3n) is 3.97. The molecule has 2 rings (SSSR count). The van der Waals surface area contributed by atoms with Gasteiger partial charge in [-0.2, -0.15) is 5.26 Å². The van der Waals surface area contributed by atoms with E-state index in [0.29, 0.717) is 12.0 Å². The van der Waals surface area contributed by atoms with Crippen LogP contribution < -0.4 is 0 Å². The summed E-state index contributed by atoms with van der Waals surface area (Å²) in [6, 6.07) is 3.05. The smallest absolute Gasteiger partial charge is 0.0672 e. The van der Waals surface area contributed by atoms with Crippen molar-refractivity contribution in [1.29, 1.82) is 5.26 Å². The SMILES string of the molecule is CCN1CCN(C2CCCC2C#N)CC1. The van der Waals surface area contributed by atoms with E-state index >= 15 is 0 Å². The number of nitriles is 1. The number of piperazine rings is 1. The van der Waals surface area contributed by atoms with E-state index < -0.39 is 0 Å². The Kier molecular flexibility index (Phi) is 3.61. The molecule has 84 valence electrons. The number of likely N-dealkylation sites (N-methyl/N-ethyl adjacent to an activating group) is 1. The molecule has 1 aliphatic heterocycles. The third-order valence-corrected chi connectivity index (χ3v) is 3.97. The lowest BCUT2D eigenvalue weighted by Gasteiger charge is -2.38. The fourth-order valence-electron chi connectivity index (χ4n) is 2.94. The zero-order valence-electron chi connectivity index (χ0n) is 9.65. The summed E-state index contributed by atoms with van der Waals surface area (Å²) in [5.74, 6) is 0.304. The Labute approximate surface area is 92.7 Å². The van der Waals surface area contributed by atoms with E-state index in [-0.39, 0.29) is 0 Å². The number of rotatable bonds is 2. The minimum atomic E-state index is 0.304. The van der Waals surface area contributed by atoms with Crippen LogP contribution in [0.5, 0.6) is 0 Å². The molecule has 0 aromatic heterocycles. The number of nitrogens with zero attached hydrogens (tertiary/aromatic N) is 3. The molecule has 1 saturated carbocycles. The van der Waals surface area contributed by atoms with Gasteiger partial charge < -0.3 is 4.90 Å². The highest BCUT2D eigenvalue weighted by molar-refractivity contribution is 4.98. The highest BCUT2D eigenvalue weighted by Crippen LogP contribution is 2.29. The molecule has 0 bridgehead atoms. The first-order valence-electron chi connectivity index (χ1n) is 6.21. The summed E-state index contributed by atoms with van der Waals surface area (Å²) < 4.78 is 0. The van der Waals surface area contributed by atoms with Crippen molar-refractivity contribution in [2.24, 2.45) is 5.92 Å². The van der Waals surface area contributed by atoms with Gasteiger partial charge in [-0.3, -0.25) is 4.90 Å². The largest absolute Gasteiger partial charge is 0.301 e. The lowest BCUT2D eigenvalue weighted by atomic mass is 10.0. The average Bonchev–Trinajstić information content (AvgIpc) is 2.77. The normalized spacial score (nSPS) is 34.1. The van der Waals surface area contributed by atoms with Crippen molar-refractivity contribution in [3.63, 3.8) is 0 Å². The van der Waals surface area contributed by atoms with Crippen LogP contribution in [0.3, 0.4) is 0 Å². The molecule has 2 fully saturated rings. The summed E-state index contributed by atoms with van der Waals surface area (Å²) in [5.41, 5.74) is 0. The summed E-state index contributed by atoms with van der Waals surface area (Å²) in [5, 5.41) is 9.08. The van der Waals surface area contributed by atoms with Gasteiger partial charge in [0.2, 0.25) is 0 Å². The summed E-state index contributed by atoms with van der Waals surface area (Å²) in [4.78, 5) is 5.04. The second-order valence-electron chi connectivity index (χ2n) is 4.70. The molecular formula is C12H21N3. The van der Waals surface area contributed by atoms with Gasteiger partial charge in [-0.15, -0.1) is 0 Å². The topological polar surface area (TPSA) is 30.3 Å². The molecule has 1 aliphatic carbocycles. The van der Waals surface area contributed by atoms with Crippen molar-refractivity contribution < 1.29 is 0 Å². The first kappa shape index (κ1) is 10.9. The van der Waals surface area contributed by atoms with Gasteiger partial charge in [-0.05, 0) is 19.4 Å². The minimum Gasteiger partial charge on any atom is -0.301 e. The average molecular weight is 207 g/mol. The Morgan fingerprint density at radius 2 is 1.93 bits per heavy atom. The Morgan fingerprint density at radius 1 is 1.20 bits per heavy atom. The van der Waals surface area contributed by atoms with Gasteiger partial charge in [0.15, 0.2) is 0 Å². The van der Waals surface area contributed by atoms with Gasteiger partial charge in [-0.25, -0.2) is 0 Å². The maximum Gasteiger partial charge on any atom is 0.0672 e. The second kappa shape index (κ2) is 4.96. The van der Waals surface area contributed by atoms with Gasteiger partial charge in [0.1, 0.15) is 0 Å². The Morgan fingerprint density at radius 3 is 2.53 bits per heavy atom. The molecule has 2 aliphatic rings. The fraction of sp³-hybridized carbons (Fsp3) is 0.917. The second-order valence-corrected chi connectivity index (χ2v) is 4.70. The Balaban J connectivity index is 1.87. The van der Waals surface area contributed by atoms with Crippen LogP contribution in [0.25, 0.3) is 0 Å². The molecular weight excluding hydrogens is 186 g/mol. The van der Waals surface area contributed by atoms with Crippen LogP contribution in [0.2, 0.25) is 0 Å². The zero-order valence-corrected chi connectivity index (χ0v) is 9.65. The monoisotopic (exact) mass is 207 g/mol. The van der Waals surface area contributed by atoms with Gasteiger partial charge in [0.25, 0.3) is 0 Å². The lowest BCUT2D eigenvalue weighted by molar-refractivity contribution is 0.0912. The molecule has 2 unspecified atom stereocenters. The quantitative estimate of drug-likeness (QED) is 0.684. The Bertz CT molecular complexity index is 238. The van der Waals surface area contributed by atoms with Gasteiger partial charge >= 0.3 is 0 Å². The van der Waals surface area contributed by atoms with Crippen molar-refractivity contribution in [1.82, 2.24) is 9.80 Å². The van der Waals surface area contributed by atoms with Crippen molar-refractivity contribution in [3.05, 3.63) is 0 Å². The van der Waals surface area contributed by atoms with Crippen molar-refractivity contribution >= 4 is 0 Å². The molecule has 0 N–H and O–H groups in total. The molecule has 1 saturated heterocycles. The highest BCUT2D eigenvalue weighted by Gasteiger charge is 2.33. The first-order chi connectivity index (χ1) is 7.35. The predicted octanol–water partition coefficient (Wildman–Crippen LogP) is 1.32. The van der Waals surface area contributed by atoms with Crippen LogP contribution in [0, 0.1) is 17.2 Å². The minimum absolute atomic E-state index is 0.304. The van der Waals surface area contributed by atoms with E-state index in [0.717, 1.165) is 19.5 Å². The summed E-state index contributed by atoms with van der Waals surface area (Å²) in [7, 11) is 0. The van der Waals surface area contributed by atoms with Crippen LogP contribution in [0.4, 0.5) is 0 Å². The molecule has 3 nitrogen and oxygen atoms in total. The number of hydrogen-bond donors (Lipinski definition) is 0. The van der Waals surface area contributed by atoms with E-state index in [1.54, 1.807) is 0 Å². The van der Waals surface area contributed by atoms with E-state index in [1.165, 1.54) is 32.5 Å². The van der Waals surface area contributed by atoms with Crippen LogP contribution in [-0.2, 0) is 0 Å². The number of hydrogen-bond acceptors (Lipinski definition) is 3. The van der Waals surface area contributed by atoms with Crippen LogP contribution in [0.15, 0.2) is 0 Å². The molecule has 0 amide bonds. The van der Waals surface area contributed by atoms with Crippen LogP contribution in [-0.4, -0.2) is 48.6 Å². The van der Waals surface area contributed by atoms with Gasteiger partial charge in [0.05, 0.1) is 12.0 Å². The van der Waals surface area contributed by atoms with E-state index in [9.17, 15) is 0 Å². The predicted molar refractivity (Wildman–Crippen MR) is 60.4 cm³/mol. The van der Waals surface area contributed by atoms with Crippen LogP contribution in [0.1, 0.15) is 26.2 Å². The molecule has 0 aromatic rings. The van der Waals surface area contributed by atoms with Crippen LogP contribution >= 0.6 is 0 Å². The summed E-state index contributed by atoms with van der Waals surface area (Å²) >= 11 is 0. The summed E-state index contributed by atoms with van der Waals surface area (Å²) in [6.07, 6.45) is 3.61. The van der Waals surface area contributed by atoms with Crippen molar-refractivity contribution in [2.45, 2.75) is 32.2 Å². The van der Waals surface area contributed by atoms with Gasteiger partial charge in [-0.1, -0.05) is 13.3 Å². The fourth-order valence-corrected chi connectivity index (χ4v) is 2.94. The molecule has 0 radical (unpaired) electrons. The zero-order chi connectivity index (χ0) is 10.7. The lowest BCUT2D eigenvalue weighted by Crippen LogP contribution is -2.50. The third kappa shape index (κ3) is 2.32. The maximum atomic E-state index is 9.08. The standard InChI is InChI=1S/C12H21N3/c1-2-14-6-8-15(9-7-14)12-5-3-4-11(12)10-13/h11-12H,2-9H2,1H3. The Hall–Kier alpha value is -0.590. The molecule has 0 aromatic carbocycles. The maximum absolute atomic E-state index is 9.08. The van der Waals surface area contributed by atoms with Crippen molar-refractivity contribution in [2.75, 3.05) is 32.7 Å². The van der Waals surface area contributed by atoms with E-state index in [2.05, 4.69) is 22.8 Å². The molecule has 0 spiro atoms. The van der Waals surface area contributed by atoms with Gasteiger partial charge in [0, 0.05) is 32.2 Å². The molecule has 3 heteroatoms. The molecule has 15 heavy (non-hydrogen) atoms. The molecule has 1 heterocycles. The summed E-state index contributed by atoms with van der Waals surface area (Å²) in [6.45, 7) is 8.09. The highest BCUT2D eigenvalue weighted by atomic mass is 15.3. The first-order valence-corrected chi connectivity index (χ1v) is 6.21. The van der Waals surface area contributed by atoms with Crippen molar-refractivity contribution in [3.8, 4) is 6.07 Å². The molecule has 2 atom stereocenters.